The summed E-state index contributed by atoms with van der Waals surface area (Å²) in [7, 11) is 2.52. The van der Waals surface area contributed by atoms with Crippen molar-refractivity contribution in [1.29, 1.82) is 0 Å². The van der Waals surface area contributed by atoms with Gasteiger partial charge in [0, 0.05) is 5.92 Å². The molecule has 10 heteroatoms. The number of hydrogen-bond donors (Lipinski definition) is 1. The second kappa shape index (κ2) is 11.1. The van der Waals surface area contributed by atoms with Crippen LogP contribution < -0.4 is 5.43 Å². The van der Waals surface area contributed by atoms with E-state index < -0.39 is 42.0 Å². The maximum Gasteiger partial charge on any atom is 0.429 e. The fourth-order valence-electron chi connectivity index (χ4n) is 7.46. The zero-order chi connectivity index (χ0) is 26.0. The number of hydrogen-bond acceptors (Lipinski definition) is 8. The normalized spacial score (nSPS) is 30.2. The van der Waals surface area contributed by atoms with E-state index in [0.717, 1.165) is 31.3 Å². The largest absolute Gasteiger partial charge is 0.468 e. The van der Waals surface area contributed by atoms with Gasteiger partial charge in [-0.2, -0.15) is 0 Å². The van der Waals surface area contributed by atoms with Gasteiger partial charge in [0.2, 0.25) is 0 Å². The summed E-state index contributed by atoms with van der Waals surface area (Å²) in [6, 6.07) is -0.567. The molecule has 5 aliphatic carbocycles. The van der Waals surface area contributed by atoms with Crippen molar-refractivity contribution in [2.45, 2.75) is 64.8 Å². The predicted molar refractivity (Wildman–Crippen MR) is 127 cm³/mol. The summed E-state index contributed by atoms with van der Waals surface area (Å²) in [6.07, 6.45) is 5.04. The van der Waals surface area contributed by atoms with E-state index in [4.69, 9.17) is 18.9 Å². The second-order valence-corrected chi connectivity index (χ2v) is 10.3. The number of methoxy groups -OCH3 is 2. The van der Waals surface area contributed by atoms with Crippen LogP contribution in [0.1, 0.15) is 58.8 Å². The molecule has 10 nitrogen and oxygen atoms in total. The highest BCUT2D eigenvalue weighted by Crippen LogP contribution is 2.59. The van der Waals surface area contributed by atoms with Gasteiger partial charge in [0.05, 0.1) is 33.5 Å². The number of esters is 2. The van der Waals surface area contributed by atoms with Crippen molar-refractivity contribution in [3.05, 3.63) is 11.1 Å². The van der Waals surface area contributed by atoms with Crippen molar-refractivity contribution < 1.29 is 38.1 Å². The number of nitrogens with one attached hydrogen (secondary N) is 1. The number of rotatable bonds is 6. The molecule has 2 atom stereocenters. The standard InChI is InChI=1S/C26H38N2O8/c1-5-35-25(31)27-28(26(32)36-6-2)19-8-7-18(22(23(29)33-3)24(30)34-4)21(19)20-16-10-14-9-15(12-16)13-17(20)11-14/h14-19,22H,5-13H2,1-4H3,(H,27,31)/t14?,15?,16?,17?,18-,19+/m1/s1. The molecule has 0 spiro atoms. The molecule has 2 amide bonds. The Labute approximate surface area is 212 Å². The Morgan fingerprint density at radius 3 is 1.89 bits per heavy atom. The number of amides is 2. The molecule has 0 aromatic heterocycles. The first-order valence-corrected chi connectivity index (χ1v) is 13.1. The van der Waals surface area contributed by atoms with Crippen LogP contribution in [0.3, 0.4) is 0 Å². The topological polar surface area (TPSA) is 120 Å². The molecular weight excluding hydrogens is 468 g/mol. The Kier molecular flexibility index (Phi) is 8.10. The first-order valence-electron chi connectivity index (χ1n) is 13.1. The van der Waals surface area contributed by atoms with E-state index in [1.807, 2.05) is 0 Å². The molecule has 0 radical (unpaired) electrons. The highest BCUT2D eigenvalue weighted by Gasteiger charge is 2.53. The molecule has 1 N–H and O–H groups in total. The van der Waals surface area contributed by atoms with Crippen LogP contribution in [0, 0.1) is 35.5 Å². The lowest BCUT2D eigenvalue weighted by molar-refractivity contribution is -0.160. The molecule has 0 aromatic rings. The third kappa shape index (κ3) is 4.91. The minimum absolute atomic E-state index is 0.128. The van der Waals surface area contributed by atoms with E-state index in [9.17, 15) is 19.2 Å². The van der Waals surface area contributed by atoms with Crippen molar-refractivity contribution >= 4 is 24.1 Å². The Morgan fingerprint density at radius 1 is 0.833 bits per heavy atom. The van der Waals surface area contributed by atoms with Crippen LogP contribution in [0.25, 0.3) is 0 Å². The molecule has 0 aromatic carbocycles. The van der Waals surface area contributed by atoms with Gasteiger partial charge in [-0.25, -0.2) is 20.0 Å². The van der Waals surface area contributed by atoms with Gasteiger partial charge >= 0.3 is 24.1 Å². The van der Waals surface area contributed by atoms with Crippen LogP contribution in [0.2, 0.25) is 0 Å². The van der Waals surface area contributed by atoms with Gasteiger partial charge in [0.1, 0.15) is 0 Å². The quantitative estimate of drug-likeness (QED) is 0.191. The van der Waals surface area contributed by atoms with Crippen LogP contribution in [0.4, 0.5) is 9.59 Å². The first-order chi connectivity index (χ1) is 17.3. The lowest BCUT2D eigenvalue weighted by Crippen LogP contribution is -2.53. The fourth-order valence-corrected chi connectivity index (χ4v) is 7.46. The Balaban J connectivity index is 1.81. The zero-order valence-corrected chi connectivity index (χ0v) is 21.6. The van der Waals surface area contributed by atoms with E-state index in [1.165, 1.54) is 31.2 Å². The number of carbonyl (C=O) groups is 4. The van der Waals surface area contributed by atoms with Gasteiger partial charge in [0.25, 0.3) is 0 Å². The average Bonchev–Trinajstić information content (AvgIpc) is 3.25. The Hall–Kier alpha value is -2.78. The second-order valence-electron chi connectivity index (χ2n) is 10.3. The smallest absolute Gasteiger partial charge is 0.429 e. The SMILES string of the molecule is CCOC(=O)NN(C(=O)OCC)[C@H]1CC[C@@H](C(C(=O)OC)C(=O)OC)C1=C1C2CC3CC(C2)CC1C3. The van der Waals surface area contributed by atoms with Gasteiger partial charge < -0.3 is 18.9 Å². The van der Waals surface area contributed by atoms with Crippen LogP contribution in [-0.4, -0.2) is 62.6 Å². The summed E-state index contributed by atoms with van der Waals surface area (Å²) in [5.74, 6) is -0.855. The number of ether oxygens (including phenoxy) is 4. The molecule has 5 rings (SSSR count). The number of hydrazine groups is 1. The van der Waals surface area contributed by atoms with E-state index >= 15 is 0 Å². The Bertz CT molecular complexity index is 870. The maximum absolute atomic E-state index is 13.1. The number of nitrogens with zero attached hydrogens (tertiary/aromatic N) is 1. The first kappa shape index (κ1) is 26.3. The van der Waals surface area contributed by atoms with Gasteiger partial charge in [-0.15, -0.1) is 0 Å². The van der Waals surface area contributed by atoms with Gasteiger partial charge in [-0.05, 0) is 88.0 Å². The monoisotopic (exact) mass is 506 g/mol. The summed E-state index contributed by atoms with van der Waals surface area (Å²) in [5, 5.41) is 1.19. The molecule has 5 saturated carbocycles. The summed E-state index contributed by atoms with van der Waals surface area (Å²) in [4.78, 5) is 51.2. The zero-order valence-electron chi connectivity index (χ0n) is 21.6. The van der Waals surface area contributed by atoms with Crippen molar-refractivity contribution in [3.63, 3.8) is 0 Å². The van der Waals surface area contributed by atoms with Gasteiger partial charge in [-0.3, -0.25) is 9.59 Å². The van der Waals surface area contributed by atoms with E-state index in [1.54, 1.807) is 13.8 Å². The molecule has 0 unspecified atom stereocenters. The lowest BCUT2D eigenvalue weighted by atomic mass is 9.53. The third-order valence-electron chi connectivity index (χ3n) is 8.44. The van der Waals surface area contributed by atoms with E-state index in [2.05, 4.69) is 5.43 Å². The van der Waals surface area contributed by atoms with Crippen molar-refractivity contribution in [2.75, 3.05) is 27.4 Å². The molecule has 0 saturated heterocycles. The minimum atomic E-state index is -1.14. The molecule has 36 heavy (non-hydrogen) atoms. The van der Waals surface area contributed by atoms with Crippen LogP contribution >= 0.6 is 0 Å². The highest BCUT2D eigenvalue weighted by atomic mass is 16.6. The number of carbonyl (C=O) groups excluding carboxylic acids is 4. The average molecular weight is 507 g/mol. The molecule has 5 aliphatic rings. The van der Waals surface area contributed by atoms with Crippen LogP contribution in [-0.2, 0) is 28.5 Å². The molecular formula is C26H38N2O8. The molecule has 0 heterocycles. The van der Waals surface area contributed by atoms with Gasteiger partial charge in [-0.1, -0.05) is 5.57 Å². The minimum Gasteiger partial charge on any atom is -0.468 e. The Morgan fingerprint density at radius 2 is 1.39 bits per heavy atom. The summed E-state index contributed by atoms with van der Waals surface area (Å²) < 4.78 is 20.4. The molecule has 4 bridgehead atoms. The summed E-state index contributed by atoms with van der Waals surface area (Å²) >= 11 is 0. The molecule has 200 valence electrons. The van der Waals surface area contributed by atoms with E-state index in [-0.39, 0.29) is 13.2 Å². The summed E-state index contributed by atoms with van der Waals surface area (Å²) in [6.45, 7) is 3.64. The number of allylic oxidation sites excluding steroid dienone is 1. The molecule has 5 fully saturated rings. The predicted octanol–water partition coefficient (Wildman–Crippen LogP) is 3.60. The van der Waals surface area contributed by atoms with Crippen LogP contribution in [0.15, 0.2) is 11.1 Å². The fraction of sp³-hybridized carbons (Fsp3) is 0.769. The summed E-state index contributed by atoms with van der Waals surface area (Å²) in [5.41, 5.74) is 4.71. The van der Waals surface area contributed by atoms with Crippen molar-refractivity contribution in [1.82, 2.24) is 10.4 Å². The third-order valence-corrected chi connectivity index (χ3v) is 8.44. The van der Waals surface area contributed by atoms with Crippen molar-refractivity contribution in [3.8, 4) is 0 Å². The highest BCUT2D eigenvalue weighted by molar-refractivity contribution is 5.95. The lowest BCUT2D eigenvalue weighted by Gasteiger charge is -2.53. The molecule has 0 aliphatic heterocycles. The van der Waals surface area contributed by atoms with Crippen molar-refractivity contribution in [2.24, 2.45) is 35.5 Å². The maximum atomic E-state index is 13.1. The van der Waals surface area contributed by atoms with Gasteiger partial charge in [0.15, 0.2) is 5.92 Å². The van der Waals surface area contributed by atoms with Crippen LogP contribution in [0.5, 0.6) is 0 Å². The van der Waals surface area contributed by atoms with E-state index in [0.29, 0.717) is 36.5 Å².